The molecule has 0 aromatic heterocycles. The quantitative estimate of drug-likeness (QED) is 0.495. The number of rotatable bonds is 5. The number of hydrogen-bond donors (Lipinski definition) is 2. The fourth-order valence-electron chi connectivity index (χ4n) is 2.79. The molecular weight excluding hydrogens is 296 g/mol. The third-order valence-electron chi connectivity index (χ3n) is 4.02. The zero-order chi connectivity index (χ0) is 17.4. The van der Waals surface area contributed by atoms with Crippen molar-refractivity contribution in [1.82, 2.24) is 15.5 Å². The Labute approximate surface area is 147 Å². The van der Waals surface area contributed by atoms with Crippen molar-refractivity contribution in [1.29, 1.82) is 0 Å². The fraction of sp³-hybridized carbons (Fsp3) is 0.550. The highest BCUT2D eigenvalue weighted by molar-refractivity contribution is 5.81. The van der Waals surface area contributed by atoms with Gasteiger partial charge in [-0.15, -0.1) is 0 Å². The molecule has 0 aliphatic carbocycles. The van der Waals surface area contributed by atoms with Crippen LogP contribution in [0.25, 0.3) is 5.57 Å². The van der Waals surface area contributed by atoms with Crippen LogP contribution >= 0.6 is 0 Å². The van der Waals surface area contributed by atoms with Crippen molar-refractivity contribution in [2.45, 2.75) is 39.7 Å². The molecule has 4 nitrogen and oxygen atoms in total. The van der Waals surface area contributed by atoms with E-state index in [2.05, 4.69) is 79.6 Å². The van der Waals surface area contributed by atoms with Crippen LogP contribution in [-0.4, -0.2) is 49.1 Å². The van der Waals surface area contributed by atoms with Gasteiger partial charge in [0.1, 0.15) is 0 Å². The van der Waals surface area contributed by atoms with Gasteiger partial charge >= 0.3 is 0 Å². The van der Waals surface area contributed by atoms with Gasteiger partial charge in [0.15, 0.2) is 5.96 Å². The fourth-order valence-corrected chi connectivity index (χ4v) is 2.79. The molecule has 1 heterocycles. The highest BCUT2D eigenvalue weighted by Crippen LogP contribution is 2.21. The number of benzene rings is 1. The molecule has 2 rings (SSSR count). The third-order valence-corrected chi connectivity index (χ3v) is 4.02. The van der Waals surface area contributed by atoms with E-state index in [0.717, 1.165) is 45.1 Å². The molecule has 1 aliphatic rings. The van der Waals surface area contributed by atoms with Gasteiger partial charge in [-0.25, -0.2) is 0 Å². The number of nitrogens with zero attached hydrogens (tertiary/aromatic N) is 2. The van der Waals surface area contributed by atoms with Crippen molar-refractivity contribution in [3.63, 3.8) is 0 Å². The highest BCUT2D eigenvalue weighted by Gasteiger charge is 2.16. The zero-order valence-electron chi connectivity index (χ0n) is 15.6. The number of guanidine groups is 1. The Bertz CT molecular complexity index is 555. The minimum absolute atomic E-state index is 0.145. The first-order chi connectivity index (χ1) is 11.5. The van der Waals surface area contributed by atoms with Gasteiger partial charge in [0, 0.05) is 31.7 Å². The van der Waals surface area contributed by atoms with Crippen LogP contribution in [0.3, 0.4) is 0 Å². The average Bonchev–Trinajstić information content (AvgIpc) is 2.58. The Morgan fingerprint density at radius 2 is 1.96 bits per heavy atom. The minimum atomic E-state index is 0.145. The first kappa shape index (κ1) is 18.5. The lowest BCUT2D eigenvalue weighted by atomic mass is 10.00. The van der Waals surface area contributed by atoms with Crippen LogP contribution in [0.1, 0.15) is 39.7 Å². The Morgan fingerprint density at radius 3 is 2.54 bits per heavy atom. The molecular formula is C20H32N4. The Morgan fingerprint density at radius 1 is 1.21 bits per heavy atom. The molecule has 0 fully saturated rings. The first-order valence-corrected chi connectivity index (χ1v) is 9.02. The summed E-state index contributed by atoms with van der Waals surface area (Å²) in [6.07, 6.45) is 3.40. The molecule has 0 atom stereocenters. The summed E-state index contributed by atoms with van der Waals surface area (Å²) in [5.41, 5.74) is 2.93. The van der Waals surface area contributed by atoms with Gasteiger partial charge in [-0.05, 0) is 45.3 Å². The van der Waals surface area contributed by atoms with E-state index in [-0.39, 0.29) is 5.54 Å². The standard InChI is InChI=1S/C20H32N4/c1-5-21-19(22-13-14-23-20(2,3)4)24-15-11-18(12-16-24)17-9-7-6-8-10-17/h6-11,23H,5,12-16H2,1-4H3,(H,21,22). The smallest absolute Gasteiger partial charge is 0.194 e. The summed E-state index contributed by atoms with van der Waals surface area (Å²) in [5.74, 6) is 1.02. The Kier molecular flexibility index (Phi) is 6.85. The second-order valence-electron chi connectivity index (χ2n) is 7.20. The third kappa shape index (κ3) is 6.00. The van der Waals surface area contributed by atoms with Crippen LogP contribution in [0.5, 0.6) is 0 Å². The van der Waals surface area contributed by atoms with Crippen LogP contribution in [-0.2, 0) is 0 Å². The Hall–Kier alpha value is -1.81. The monoisotopic (exact) mass is 328 g/mol. The molecule has 132 valence electrons. The lowest BCUT2D eigenvalue weighted by Crippen LogP contribution is -2.44. The maximum atomic E-state index is 4.78. The molecule has 2 N–H and O–H groups in total. The van der Waals surface area contributed by atoms with E-state index in [0.29, 0.717) is 0 Å². The van der Waals surface area contributed by atoms with Crippen molar-refractivity contribution >= 4 is 11.5 Å². The van der Waals surface area contributed by atoms with E-state index in [1.807, 2.05) is 0 Å². The van der Waals surface area contributed by atoms with Crippen LogP contribution in [0.2, 0.25) is 0 Å². The lowest BCUT2D eigenvalue weighted by Gasteiger charge is -2.30. The molecule has 1 aliphatic heterocycles. The summed E-state index contributed by atoms with van der Waals surface area (Å²) in [5, 5.41) is 6.91. The predicted octanol–water partition coefficient (Wildman–Crippen LogP) is 3.13. The zero-order valence-corrected chi connectivity index (χ0v) is 15.6. The van der Waals surface area contributed by atoms with Gasteiger partial charge in [0.25, 0.3) is 0 Å². The summed E-state index contributed by atoms with van der Waals surface area (Å²) in [6, 6.07) is 10.7. The molecule has 0 unspecified atom stereocenters. The second-order valence-corrected chi connectivity index (χ2v) is 7.20. The number of nitrogens with one attached hydrogen (secondary N) is 2. The molecule has 0 radical (unpaired) electrons. The summed E-state index contributed by atoms with van der Waals surface area (Å²) < 4.78 is 0. The summed E-state index contributed by atoms with van der Waals surface area (Å²) in [6.45, 7) is 13.2. The maximum absolute atomic E-state index is 4.78. The molecule has 1 aromatic rings. The number of hydrogen-bond acceptors (Lipinski definition) is 2. The predicted molar refractivity (Wildman–Crippen MR) is 104 cm³/mol. The average molecular weight is 329 g/mol. The van der Waals surface area contributed by atoms with E-state index >= 15 is 0 Å². The van der Waals surface area contributed by atoms with Gasteiger partial charge in [-0.1, -0.05) is 36.4 Å². The SMILES string of the molecule is CCNC(=NCCNC(C)(C)C)N1CC=C(c2ccccc2)CC1. The van der Waals surface area contributed by atoms with Gasteiger partial charge in [-0.2, -0.15) is 0 Å². The van der Waals surface area contributed by atoms with Gasteiger partial charge in [0.05, 0.1) is 6.54 Å². The summed E-state index contributed by atoms with van der Waals surface area (Å²) >= 11 is 0. The van der Waals surface area contributed by atoms with E-state index < -0.39 is 0 Å². The molecule has 0 saturated carbocycles. The van der Waals surface area contributed by atoms with Crippen LogP contribution in [0.4, 0.5) is 0 Å². The summed E-state index contributed by atoms with van der Waals surface area (Å²) in [7, 11) is 0. The largest absolute Gasteiger partial charge is 0.357 e. The molecule has 0 bridgehead atoms. The van der Waals surface area contributed by atoms with E-state index in [1.54, 1.807) is 0 Å². The molecule has 4 heteroatoms. The second kappa shape index (κ2) is 8.88. The molecule has 1 aromatic carbocycles. The van der Waals surface area contributed by atoms with E-state index in [4.69, 9.17) is 4.99 Å². The normalized spacial score (nSPS) is 16.1. The van der Waals surface area contributed by atoms with Crippen molar-refractivity contribution in [2.75, 3.05) is 32.7 Å². The van der Waals surface area contributed by atoms with Crippen LogP contribution < -0.4 is 10.6 Å². The minimum Gasteiger partial charge on any atom is -0.357 e. The molecule has 0 amide bonds. The number of aliphatic imine (C=N–C) groups is 1. The van der Waals surface area contributed by atoms with Gasteiger partial charge in [0.2, 0.25) is 0 Å². The van der Waals surface area contributed by atoms with Crippen molar-refractivity contribution in [3.8, 4) is 0 Å². The molecule has 24 heavy (non-hydrogen) atoms. The molecule has 0 saturated heterocycles. The van der Waals surface area contributed by atoms with E-state index in [9.17, 15) is 0 Å². The summed E-state index contributed by atoms with van der Waals surface area (Å²) in [4.78, 5) is 7.12. The van der Waals surface area contributed by atoms with Crippen LogP contribution in [0.15, 0.2) is 41.4 Å². The molecule has 0 spiro atoms. The van der Waals surface area contributed by atoms with Crippen molar-refractivity contribution in [2.24, 2.45) is 4.99 Å². The topological polar surface area (TPSA) is 39.7 Å². The Balaban J connectivity index is 1.93. The first-order valence-electron chi connectivity index (χ1n) is 9.02. The maximum Gasteiger partial charge on any atom is 0.194 e. The van der Waals surface area contributed by atoms with Crippen molar-refractivity contribution < 1.29 is 0 Å². The lowest BCUT2D eigenvalue weighted by molar-refractivity contribution is 0.424. The van der Waals surface area contributed by atoms with Crippen LogP contribution in [0, 0.1) is 0 Å². The van der Waals surface area contributed by atoms with E-state index in [1.165, 1.54) is 11.1 Å². The van der Waals surface area contributed by atoms with Crippen molar-refractivity contribution in [3.05, 3.63) is 42.0 Å². The van der Waals surface area contributed by atoms with Gasteiger partial charge < -0.3 is 15.5 Å². The highest BCUT2D eigenvalue weighted by atomic mass is 15.3. The van der Waals surface area contributed by atoms with Gasteiger partial charge in [-0.3, -0.25) is 4.99 Å².